The minimum absolute atomic E-state index is 0.0756. The molecule has 0 saturated heterocycles. The summed E-state index contributed by atoms with van der Waals surface area (Å²) in [6, 6.07) is 56.3. The fourth-order valence-corrected chi connectivity index (χ4v) is 7.91. The van der Waals surface area contributed by atoms with Gasteiger partial charge in [-0.15, -0.1) is 0 Å². The number of hydrogen-bond donors (Lipinski definition) is 0. The summed E-state index contributed by atoms with van der Waals surface area (Å²) in [7, 11) is 0. The first-order valence-corrected chi connectivity index (χ1v) is 17.6. The second-order valence-corrected chi connectivity index (χ2v) is 14.5. The highest BCUT2D eigenvalue weighted by Crippen LogP contribution is 2.48. The summed E-state index contributed by atoms with van der Waals surface area (Å²) in [6.07, 6.45) is 0. The molecule has 0 amide bonds. The van der Waals surface area contributed by atoms with Gasteiger partial charge in [-0.05, 0) is 63.0 Å². The lowest BCUT2D eigenvalue weighted by Crippen LogP contribution is -2.11. The van der Waals surface area contributed by atoms with Gasteiger partial charge >= 0.3 is 0 Å². The van der Waals surface area contributed by atoms with Gasteiger partial charge in [0.15, 0.2) is 5.58 Å². The molecular weight excluding hydrogens is 623 g/mol. The third-order valence-corrected chi connectivity index (χ3v) is 10.3. The first kappa shape index (κ1) is 29.6. The van der Waals surface area contributed by atoms with Gasteiger partial charge in [-0.3, -0.25) is 0 Å². The molecule has 0 unspecified atom stereocenters. The number of benzene rings is 8. The predicted molar refractivity (Wildman–Crippen MR) is 215 cm³/mol. The third-order valence-electron chi connectivity index (χ3n) is 10.3. The SMILES string of the molecule is CC(C)(C)c1cccc2c1oc1c(N(c3ccc(-c4ccccc4)cc3)c3cc4oc5cc6ccccc6cc5c4c4ccccc34)cccc12. The number of furan rings is 2. The zero-order valence-corrected chi connectivity index (χ0v) is 28.8. The maximum Gasteiger partial charge on any atom is 0.159 e. The van der Waals surface area contributed by atoms with Crippen LogP contribution in [-0.4, -0.2) is 0 Å². The average molecular weight is 658 g/mol. The van der Waals surface area contributed by atoms with Gasteiger partial charge in [-0.25, -0.2) is 0 Å². The second-order valence-electron chi connectivity index (χ2n) is 14.5. The largest absolute Gasteiger partial charge is 0.456 e. The molecule has 2 heterocycles. The van der Waals surface area contributed by atoms with E-state index < -0.39 is 0 Å². The fourth-order valence-electron chi connectivity index (χ4n) is 7.91. The predicted octanol–water partition coefficient (Wildman–Crippen LogP) is 14.2. The van der Waals surface area contributed by atoms with Crippen molar-refractivity contribution in [3.63, 3.8) is 0 Å². The Morgan fingerprint density at radius 3 is 1.82 bits per heavy atom. The molecule has 0 bridgehead atoms. The molecule has 2 aromatic heterocycles. The summed E-state index contributed by atoms with van der Waals surface area (Å²) in [6.45, 7) is 6.73. The van der Waals surface area contributed by atoms with Crippen LogP contribution in [0, 0.1) is 0 Å². The number of rotatable bonds is 4. The number of nitrogens with zero attached hydrogens (tertiary/aromatic N) is 1. The maximum absolute atomic E-state index is 6.98. The first-order valence-electron chi connectivity index (χ1n) is 17.6. The molecule has 8 aromatic carbocycles. The minimum Gasteiger partial charge on any atom is -0.456 e. The van der Waals surface area contributed by atoms with Crippen LogP contribution in [0.2, 0.25) is 0 Å². The number of hydrogen-bond acceptors (Lipinski definition) is 3. The van der Waals surface area contributed by atoms with Gasteiger partial charge in [-0.2, -0.15) is 0 Å². The zero-order chi connectivity index (χ0) is 34.3. The molecule has 0 saturated carbocycles. The lowest BCUT2D eigenvalue weighted by atomic mass is 9.86. The summed E-state index contributed by atoms with van der Waals surface area (Å²) in [5.74, 6) is 0. The number of fused-ring (bicyclic) bond motifs is 9. The van der Waals surface area contributed by atoms with E-state index in [2.05, 4.69) is 183 Å². The molecular formula is C48H35NO2. The quantitative estimate of drug-likeness (QED) is 0.189. The smallest absolute Gasteiger partial charge is 0.159 e. The van der Waals surface area contributed by atoms with Crippen LogP contribution < -0.4 is 4.90 Å². The molecule has 0 N–H and O–H groups in total. The molecule has 0 spiro atoms. The zero-order valence-electron chi connectivity index (χ0n) is 28.8. The lowest BCUT2D eigenvalue weighted by Gasteiger charge is -2.27. The summed E-state index contributed by atoms with van der Waals surface area (Å²) >= 11 is 0. The summed E-state index contributed by atoms with van der Waals surface area (Å²) < 4.78 is 13.7. The third kappa shape index (κ3) is 4.65. The summed E-state index contributed by atoms with van der Waals surface area (Å²) in [5, 5.41) is 9.13. The molecule has 3 heteroatoms. The van der Waals surface area contributed by atoms with Crippen LogP contribution in [0.25, 0.3) is 76.5 Å². The molecule has 10 aromatic rings. The van der Waals surface area contributed by atoms with Crippen molar-refractivity contribution in [2.75, 3.05) is 4.90 Å². The normalized spacial score (nSPS) is 12.2. The summed E-state index contributed by atoms with van der Waals surface area (Å²) in [4.78, 5) is 2.35. The van der Waals surface area contributed by atoms with E-state index in [4.69, 9.17) is 8.83 Å². The van der Waals surface area contributed by atoms with Gasteiger partial charge in [0.05, 0.1) is 11.4 Å². The fraction of sp³-hybridized carbons (Fsp3) is 0.0833. The Bertz CT molecular complexity index is 2940. The van der Waals surface area contributed by atoms with Crippen molar-refractivity contribution in [3.8, 4) is 11.1 Å². The Hall–Kier alpha value is -6.32. The Balaban J connectivity index is 1.28. The molecule has 0 aliphatic rings. The van der Waals surface area contributed by atoms with Crippen molar-refractivity contribution in [1.29, 1.82) is 0 Å². The Kier molecular flexibility index (Phi) is 6.44. The van der Waals surface area contributed by atoms with E-state index in [9.17, 15) is 0 Å². The van der Waals surface area contributed by atoms with Gasteiger partial charge < -0.3 is 13.7 Å². The van der Waals surface area contributed by atoms with Crippen molar-refractivity contribution >= 4 is 82.5 Å². The van der Waals surface area contributed by atoms with Crippen molar-refractivity contribution in [2.45, 2.75) is 26.2 Å². The second kappa shape index (κ2) is 11.1. The lowest BCUT2D eigenvalue weighted by molar-refractivity contribution is 0.573. The molecule has 3 nitrogen and oxygen atoms in total. The van der Waals surface area contributed by atoms with E-state index >= 15 is 0 Å². The molecule has 51 heavy (non-hydrogen) atoms. The van der Waals surface area contributed by atoms with Gasteiger partial charge in [0, 0.05) is 44.2 Å². The summed E-state index contributed by atoms with van der Waals surface area (Å²) in [5.41, 5.74) is 10.0. The van der Waals surface area contributed by atoms with E-state index in [1.54, 1.807) is 0 Å². The molecule has 0 radical (unpaired) electrons. The van der Waals surface area contributed by atoms with Crippen LogP contribution in [0.1, 0.15) is 26.3 Å². The van der Waals surface area contributed by atoms with Crippen LogP contribution in [0.5, 0.6) is 0 Å². The highest BCUT2D eigenvalue weighted by atomic mass is 16.3. The topological polar surface area (TPSA) is 29.5 Å². The van der Waals surface area contributed by atoms with Gasteiger partial charge in [-0.1, -0.05) is 142 Å². The van der Waals surface area contributed by atoms with Gasteiger partial charge in [0.2, 0.25) is 0 Å². The van der Waals surface area contributed by atoms with E-state index in [0.717, 1.165) is 71.7 Å². The van der Waals surface area contributed by atoms with E-state index in [1.807, 2.05) is 0 Å². The minimum atomic E-state index is -0.0756. The average Bonchev–Trinajstić information content (AvgIpc) is 3.72. The maximum atomic E-state index is 6.98. The van der Waals surface area contributed by atoms with Crippen LogP contribution >= 0.6 is 0 Å². The molecule has 0 atom stereocenters. The molecule has 244 valence electrons. The van der Waals surface area contributed by atoms with Crippen LogP contribution in [0.4, 0.5) is 17.1 Å². The van der Waals surface area contributed by atoms with E-state index in [-0.39, 0.29) is 5.41 Å². The van der Waals surface area contributed by atoms with Crippen molar-refractivity contribution in [1.82, 2.24) is 0 Å². The number of anilines is 3. The Labute approximate surface area is 296 Å². The van der Waals surface area contributed by atoms with E-state index in [1.165, 1.54) is 27.5 Å². The van der Waals surface area contributed by atoms with Gasteiger partial charge in [0.1, 0.15) is 16.7 Å². The highest BCUT2D eigenvalue weighted by molar-refractivity contribution is 6.24. The Morgan fingerprint density at radius 2 is 1.06 bits per heavy atom. The van der Waals surface area contributed by atoms with Crippen molar-refractivity contribution in [3.05, 3.63) is 163 Å². The van der Waals surface area contributed by atoms with Crippen LogP contribution in [0.15, 0.2) is 167 Å². The molecule has 0 fully saturated rings. The van der Waals surface area contributed by atoms with Crippen molar-refractivity contribution in [2.24, 2.45) is 0 Å². The highest BCUT2D eigenvalue weighted by Gasteiger charge is 2.26. The van der Waals surface area contributed by atoms with Crippen LogP contribution in [-0.2, 0) is 5.41 Å². The standard InChI is InChI=1S/C48H35NO2/c1-48(2,3)40-21-11-19-37-38-20-12-22-41(47(38)51-46(37)40)49(34-25-23-31(24-26-34)30-13-5-4-6-14-30)42-29-44-45(36-18-10-9-17-35(36)42)39-27-32-15-7-8-16-33(32)28-43(39)50-44/h4-29H,1-3H3. The first-order chi connectivity index (χ1) is 24.9. The number of para-hydroxylation sites is 2. The molecule has 10 rings (SSSR count). The molecule has 0 aliphatic carbocycles. The van der Waals surface area contributed by atoms with Crippen LogP contribution in [0.3, 0.4) is 0 Å². The van der Waals surface area contributed by atoms with Crippen molar-refractivity contribution < 1.29 is 8.83 Å². The molecule has 0 aliphatic heterocycles. The monoisotopic (exact) mass is 657 g/mol. The van der Waals surface area contributed by atoms with Gasteiger partial charge in [0.25, 0.3) is 0 Å². The van der Waals surface area contributed by atoms with E-state index in [0.29, 0.717) is 0 Å². The Morgan fingerprint density at radius 1 is 0.431 bits per heavy atom.